The number of nitrogens with zero attached hydrogens (tertiary/aromatic N) is 3. The Morgan fingerprint density at radius 3 is 3.05 bits per heavy atom. The van der Waals surface area contributed by atoms with E-state index in [1.165, 1.54) is 6.20 Å². The van der Waals surface area contributed by atoms with E-state index in [0.717, 1.165) is 37.0 Å². The molecule has 8 heteroatoms. The van der Waals surface area contributed by atoms with Crippen molar-refractivity contribution in [1.29, 1.82) is 0 Å². The normalized spacial score (nSPS) is 19.1. The van der Waals surface area contributed by atoms with E-state index >= 15 is 0 Å². The molecule has 0 radical (unpaired) electrons. The highest BCUT2D eigenvalue weighted by Gasteiger charge is 2.19. The molecule has 1 unspecified atom stereocenters. The zero-order valence-electron chi connectivity index (χ0n) is 12.8. The number of aryl methyl sites for hydroxylation is 2. The van der Waals surface area contributed by atoms with E-state index in [2.05, 4.69) is 20.1 Å². The molecule has 0 aliphatic carbocycles. The minimum Gasteiger partial charge on any atom is -0.316 e. The van der Waals surface area contributed by atoms with Gasteiger partial charge in [-0.1, -0.05) is 0 Å². The molecule has 0 amide bonds. The Morgan fingerprint density at radius 2 is 2.32 bits per heavy atom. The lowest BCUT2D eigenvalue weighted by molar-refractivity contribution is 0.519. The molecular formula is C14H21N5O2S. The van der Waals surface area contributed by atoms with Crippen LogP contribution in [0.3, 0.4) is 0 Å². The van der Waals surface area contributed by atoms with Crippen LogP contribution in [0.5, 0.6) is 0 Å². The van der Waals surface area contributed by atoms with Gasteiger partial charge in [-0.05, 0) is 44.8 Å². The van der Waals surface area contributed by atoms with Crippen LogP contribution in [0.1, 0.15) is 18.5 Å². The van der Waals surface area contributed by atoms with Crippen molar-refractivity contribution in [2.45, 2.75) is 24.7 Å². The van der Waals surface area contributed by atoms with E-state index in [1.54, 1.807) is 17.8 Å². The maximum atomic E-state index is 12.4. The highest BCUT2D eigenvalue weighted by Crippen LogP contribution is 2.19. The van der Waals surface area contributed by atoms with Gasteiger partial charge >= 0.3 is 0 Å². The first-order valence-corrected chi connectivity index (χ1v) is 8.95. The topological polar surface area (TPSA) is 88.9 Å². The lowest BCUT2D eigenvalue weighted by Gasteiger charge is -2.10. The van der Waals surface area contributed by atoms with Crippen LogP contribution < -0.4 is 10.0 Å². The summed E-state index contributed by atoms with van der Waals surface area (Å²) < 4.78 is 29.1. The van der Waals surface area contributed by atoms with Gasteiger partial charge < -0.3 is 5.32 Å². The molecule has 0 saturated carbocycles. The summed E-state index contributed by atoms with van der Waals surface area (Å²) in [6, 6.07) is 1.64. The van der Waals surface area contributed by atoms with Crippen LogP contribution in [-0.4, -0.2) is 42.8 Å². The summed E-state index contributed by atoms with van der Waals surface area (Å²) in [7, 11) is -1.72. The number of hydrogen-bond donors (Lipinski definition) is 2. The fourth-order valence-corrected chi connectivity index (χ4v) is 3.89. The van der Waals surface area contributed by atoms with Gasteiger partial charge in [0.05, 0.1) is 5.69 Å². The summed E-state index contributed by atoms with van der Waals surface area (Å²) in [4.78, 5) is 4.42. The Kier molecular flexibility index (Phi) is 4.16. The van der Waals surface area contributed by atoms with Crippen LogP contribution in [0.2, 0.25) is 0 Å². The number of fused-ring (bicyclic) bond motifs is 1. The molecule has 22 heavy (non-hydrogen) atoms. The second-order valence-electron chi connectivity index (χ2n) is 5.80. The summed E-state index contributed by atoms with van der Waals surface area (Å²) in [6.07, 6.45) is 3.36. The van der Waals surface area contributed by atoms with Crippen LogP contribution in [0.4, 0.5) is 0 Å². The summed E-state index contributed by atoms with van der Waals surface area (Å²) >= 11 is 0. The lowest BCUT2D eigenvalue weighted by atomic mass is 10.1. The first kappa shape index (κ1) is 15.4. The summed E-state index contributed by atoms with van der Waals surface area (Å²) in [5, 5.41) is 8.31. The van der Waals surface area contributed by atoms with Crippen LogP contribution in [0.15, 0.2) is 17.2 Å². The van der Waals surface area contributed by atoms with Crippen LogP contribution in [0, 0.1) is 12.8 Å². The number of sulfonamides is 1. The predicted molar refractivity (Wildman–Crippen MR) is 84.0 cm³/mol. The first-order valence-electron chi connectivity index (χ1n) is 7.47. The standard InChI is InChI=1S/C14H21N5O2S/c1-10-13-7-12(9-16-14(13)19(2)18-10)22(20,21)17-6-4-11-3-5-15-8-11/h7,9,11,15,17H,3-6,8H2,1-2H3. The number of aromatic nitrogens is 3. The molecule has 7 nitrogen and oxygen atoms in total. The molecule has 1 atom stereocenters. The minimum absolute atomic E-state index is 0.195. The molecule has 3 heterocycles. The lowest BCUT2D eigenvalue weighted by Crippen LogP contribution is -2.26. The predicted octanol–water partition coefficient (Wildman–Crippen LogP) is 0.555. The second-order valence-corrected chi connectivity index (χ2v) is 7.56. The van der Waals surface area contributed by atoms with Crippen molar-refractivity contribution < 1.29 is 8.42 Å². The Hall–Kier alpha value is -1.51. The summed E-state index contributed by atoms with van der Waals surface area (Å²) in [5.74, 6) is 0.559. The average Bonchev–Trinajstić information content (AvgIpc) is 3.08. The van der Waals surface area contributed by atoms with Crippen LogP contribution >= 0.6 is 0 Å². The monoisotopic (exact) mass is 323 g/mol. The number of rotatable bonds is 5. The van der Waals surface area contributed by atoms with Crippen molar-refractivity contribution in [2.75, 3.05) is 19.6 Å². The second kappa shape index (κ2) is 5.94. The summed E-state index contributed by atoms with van der Waals surface area (Å²) in [5.41, 5.74) is 1.47. The van der Waals surface area contributed by atoms with Crippen molar-refractivity contribution in [3.8, 4) is 0 Å². The fourth-order valence-electron chi connectivity index (χ4n) is 2.88. The zero-order valence-corrected chi connectivity index (χ0v) is 13.7. The molecule has 3 rings (SSSR count). The largest absolute Gasteiger partial charge is 0.316 e. The molecule has 0 spiro atoms. The van der Waals surface area contributed by atoms with Gasteiger partial charge in [-0.25, -0.2) is 18.1 Å². The maximum absolute atomic E-state index is 12.4. The number of pyridine rings is 1. The van der Waals surface area contributed by atoms with Crippen molar-refractivity contribution in [1.82, 2.24) is 24.8 Å². The van der Waals surface area contributed by atoms with Gasteiger partial charge in [-0.3, -0.25) is 4.68 Å². The molecule has 1 fully saturated rings. The fraction of sp³-hybridized carbons (Fsp3) is 0.571. The zero-order chi connectivity index (χ0) is 15.7. The van der Waals surface area contributed by atoms with Gasteiger partial charge in [0.25, 0.3) is 0 Å². The molecule has 1 aliphatic heterocycles. The third kappa shape index (κ3) is 2.99. The van der Waals surface area contributed by atoms with Crippen molar-refractivity contribution in [3.63, 3.8) is 0 Å². The number of hydrogen-bond acceptors (Lipinski definition) is 5. The molecule has 2 aromatic rings. The summed E-state index contributed by atoms with van der Waals surface area (Å²) in [6.45, 7) is 4.31. The molecule has 0 bridgehead atoms. The van der Waals surface area contributed by atoms with Gasteiger partial charge in [0.2, 0.25) is 10.0 Å². The molecular weight excluding hydrogens is 302 g/mol. The Morgan fingerprint density at radius 1 is 1.50 bits per heavy atom. The highest BCUT2D eigenvalue weighted by molar-refractivity contribution is 7.89. The van der Waals surface area contributed by atoms with Crippen molar-refractivity contribution in [2.24, 2.45) is 13.0 Å². The van der Waals surface area contributed by atoms with Crippen molar-refractivity contribution in [3.05, 3.63) is 18.0 Å². The van der Waals surface area contributed by atoms with Gasteiger partial charge in [0, 0.05) is 25.2 Å². The molecule has 2 aromatic heterocycles. The maximum Gasteiger partial charge on any atom is 0.242 e. The van der Waals surface area contributed by atoms with Gasteiger partial charge in [0.1, 0.15) is 4.90 Å². The SMILES string of the molecule is Cc1nn(C)c2ncc(S(=O)(=O)NCCC3CCNC3)cc12. The average molecular weight is 323 g/mol. The molecule has 120 valence electrons. The van der Waals surface area contributed by atoms with Gasteiger partial charge in [-0.2, -0.15) is 5.10 Å². The Labute approximate surface area is 130 Å². The van der Waals surface area contributed by atoms with Gasteiger partial charge in [-0.15, -0.1) is 0 Å². The molecule has 1 saturated heterocycles. The first-order chi connectivity index (χ1) is 10.5. The van der Waals surface area contributed by atoms with Crippen molar-refractivity contribution >= 4 is 21.1 Å². The van der Waals surface area contributed by atoms with E-state index in [9.17, 15) is 8.42 Å². The van der Waals surface area contributed by atoms with Gasteiger partial charge in [0.15, 0.2) is 5.65 Å². The van der Waals surface area contributed by atoms with E-state index in [4.69, 9.17) is 0 Å². The van der Waals surface area contributed by atoms with Crippen LogP contribution in [0.25, 0.3) is 11.0 Å². The van der Waals surface area contributed by atoms with Crippen LogP contribution in [-0.2, 0) is 17.1 Å². The highest BCUT2D eigenvalue weighted by atomic mass is 32.2. The van der Waals surface area contributed by atoms with E-state index in [-0.39, 0.29) is 4.90 Å². The molecule has 0 aromatic carbocycles. The third-order valence-electron chi connectivity index (χ3n) is 4.16. The number of nitrogens with one attached hydrogen (secondary N) is 2. The molecule has 2 N–H and O–H groups in total. The Bertz CT molecular complexity index is 778. The smallest absolute Gasteiger partial charge is 0.242 e. The minimum atomic E-state index is -3.52. The Balaban J connectivity index is 1.75. The quantitative estimate of drug-likeness (QED) is 0.839. The van der Waals surface area contributed by atoms with E-state index < -0.39 is 10.0 Å². The third-order valence-corrected chi connectivity index (χ3v) is 5.58. The van der Waals surface area contributed by atoms with E-state index in [1.807, 2.05) is 6.92 Å². The molecule has 1 aliphatic rings. The van der Waals surface area contributed by atoms with E-state index in [0.29, 0.717) is 18.1 Å².